The number of likely N-dealkylation sites (tertiary alicyclic amines) is 1. The molecule has 0 amide bonds. The van der Waals surface area contributed by atoms with Crippen molar-refractivity contribution in [3.63, 3.8) is 0 Å². The summed E-state index contributed by atoms with van der Waals surface area (Å²) in [5, 5.41) is 11.9. The van der Waals surface area contributed by atoms with Gasteiger partial charge in [-0.3, -0.25) is 19.5 Å². The molecule has 15 heteroatoms. The molecule has 53 heavy (non-hydrogen) atoms. The molecule has 0 atom stereocenters. The smallest absolute Gasteiger partial charge is 0.229 e. The van der Waals surface area contributed by atoms with Crippen molar-refractivity contribution in [2.75, 3.05) is 68.8 Å². The minimum atomic E-state index is -2.78. The lowest BCUT2D eigenvalue weighted by molar-refractivity contribution is 0.0112. The van der Waals surface area contributed by atoms with Crippen LogP contribution in [0.15, 0.2) is 59.7 Å². The van der Waals surface area contributed by atoms with Crippen LogP contribution in [0.1, 0.15) is 39.5 Å². The zero-order valence-electron chi connectivity index (χ0n) is 31.2. The zero-order valence-corrected chi connectivity index (χ0v) is 33.6. The Bertz CT molecular complexity index is 2170. The van der Waals surface area contributed by atoms with Crippen LogP contribution in [0.25, 0.3) is 22.2 Å². The second kappa shape index (κ2) is 14.6. The largest absolute Gasteiger partial charge is 0.494 e. The molecular formula is C38H47BrFN10O2P. The van der Waals surface area contributed by atoms with Crippen molar-refractivity contribution in [2.45, 2.75) is 45.1 Å². The Morgan fingerprint density at radius 1 is 0.981 bits per heavy atom. The van der Waals surface area contributed by atoms with Crippen LogP contribution >= 0.6 is 23.1 Å². The number of hydrogen-bond acceptors (Lipinski definition) is 11. The van der Waals surface area contributed by atoms with Crippen LogP contribution in [0.2, 0.25) is 0 Å². The van der Waals surface area contributed by atoms with E-state index in [2.05, 4.69) is 68.5 Å². The minimum Gasteiger partial charge on any atom is -0.494 e. The van der Waals surface area contributed by atoms with Gasteiger partial charge in [0, 0.05) is 73.3 Å². The fraction of sp³-hybridized carbons (Fsp3) is 0.447. The molecule has 2 aliphatic heterocycles. The summed E-state index contributed by atoms with van der Waals surface area (Å²) in [6.45, 7) is 10.9. The van der Waals surface area contributed by atoms with Gasteiger partial charge in [0.15, 0.2) is 0 Å². The summed E-state index contributed by atoms with van der Waals surface area (Å²) in [7, 11) is 0.802. The maximum atomic E-state index is 13.7. The van der Waals surface area contributed by atoms with Gasteiger partial charge in [0.1, 0.15) is 30.9 Å². The van der Waals surface area contributed by atoms with Crippen LogP contribution in [0.5, 0.6) is 5.75 Å². The van der Waals surface area contributed by atoms with E-state index < -0.39 is 12.7 Å². The van der Waals surface area contributed by atoms with Crippen LogP contribution in [-0.4, -0.2) is 93.4 Å². The van der Waals surface area contributed by atoms with E-state index in [-0.39, 0.29) is 12.1 Å². The van der Waals surface area contributed by atoms with Gasteiger partial charge in [-0.1, -0.05) is 0 Å². The molecule has 2 aliphatic rings. The minimum absolute atomic E-state index is 0.288. The second-order valence-corrected chi connectivity index (χ2v) is 19.3. The number of methoxy groups -OCH3 is 1. The molecule has 0 radical (unpaired) electrons. The summed E-state index contributed by atoms with van der Waals surface area (Å²) in [6, 6.07) is 7.88. The van der Waals surface area contributed by atoms with E-state index in [9.17, 15) is 8.96 Å². The molecule has 0 saturated carbocycles. The predicted octanol–water partition coefficient (Wildman–Crippen LogP) is 7.76. The number of anilines is 5. The summed E-state index contributed by atoms with van der Waals surface area (Å²) in [4.78, 5) is 23.1. The average Bonchev–Trinajstić information content (AvgIpc) is 3.58. The molecule has 2 saturated heterocycles. The first-order chi connectivity index (χ1) is 25.3. The normalized spacial score (nSPS) is 16.6. The van der Waals surface area contributed by atoms with Crippen molar-refractivity contribution < 1.29 is 13.7 Å². The first-order valence-corrected chi connectivity index (χ1v) is 21.3. The number of aryl methyl sites for hydroxylation is 1. The number of aromatic nitrogens is 6. The van der Waals surface area contributed by atoms with Gasteiger partial charge < -0.3 is 24.8 Å². The number of piperidine rings is 2. The van der Waals surface area contributed by atoms with E-state index in [0.717, 1.165) is 68.7 Å². The lowest BCUT2D eigenvalue weighted by atomic mass is 9.70. The lowest BCUT2D eigenvalue weighted by Crippen LogP contribution is -2.53. The molecule has 0 aliphatic carbocycles. The highest BCUT2D eigenvalue weighted by Gasteiger charge is 2.41. The molecule has 5 heterocycles. The number of hydrogen-bond donors (Lipinski definition) is 2. The summed E-state index contributed by atoms with van der Waals surface area (Å²) < 4.78 is 35.7. The van der Waals surface area contributed by atoms with Crippen molar-refractivity contribution in [1.82, 2.24) is 34.6 Å². The highest BCUT2D eigenvalue weighted by Crippen LogP contribution is 2.47. The molecule has 7 rings (SSSR count). The van der Waals surface area contributed by atoms with E-state index in [0.29, 0.717) is 49.7 Å². The van der Waals surface area contributed by atoms with Crippen LogP contribution in [0, 0.1) is 5.41 Å². The van der Waals surface area contributed by atoms with E-state index in [1.807, 2.05) is 50.1 Å². The van der Waals surface area contributed by atoms with Crippen LogP contribution in [-0.2, 0) is 11.6 Å². The maximum absolute atomic E-state index is 13.7. The highest BCUT2D eigenvalue weighted by atomic mass is 79.9. The Labute approximate surface area is 318 Å². The second-order valence-electron chi connectivity index (χ2n) is 15.3. The number of fused-ring (bicyclic) bond motifs is 1. The number of nitrogens with zero attached hydrogens (tertiary/aromatic N) is 8. The van der Waals surface area contributed by atoms with Gasteiger partial charge in [0.25, 0.3) is 0 Å². The fourth-order valence-corrected chi connectivity index (χ4v) is 9.40. The zero-order chi connectivity index (χ0) is 37.5. The number of ether oxygens (including phenoxy) is 1. The third kappa shape index (κ3) is 7.63. The summed E-state index contributed by atoms with van der Waals surface area (Å²) >= 11 is 3.60. The molecular weight excluding hydrogens is 758 g/mol. The molecule has 2 aromatic carbocycles. The molecule has 2 N–H and O–H groups in total. The quantitative estimate of drug-likeness (QED) is 0.135. The third-order valence-corrected chi connectivity index (χ3v) is 13.0. The number of benzene rings is 2. The van der Waals surface area contributed by atoms with Gasteiger partial charge in [-0.25, -0.2) is 9.37 Å². The Kier molecular flexibility index (Phi) is 10.2. The Morgan fingerprint density at radius 2 is 1.70 bits per heavy atom. The topological polar surface area (TPSA) is 126 Å². The van der Waals surface area contributed by atoms with Gasteiger partial charge in [-0.05, 0) is 105 Å². The van der Waals surface area contributed by atoms with Crippen LogP contribution in [0.4, 0.5) is 33.2 Å². The summed E-state index contributed by atoms with van der Waals surface area (Å²) in [5.41, 5.74) is 5.58. The SMILES string of the molecule is COc1cc(N2CCC3(CC2)CCN(C(C)(C)CF)CC3)c(-c2cnn(C)c2)cc1Nc1ncc(Br)c(Nc2ccc3nccnc3c2P(C)(C)=O)n1. The van der Waals surface area contributed by atoms with Gasteiger partial charge in [0.05, 0.1) is 40.0 Å². The lowest BCUT2D eigenvalue weighted by Gasteiger charge is -2.50. The summed E-state index contributed by atoms with van der Waals surface area (Å²) in [5.74, 6) is 1.49. The molecule has 280 valence electrons. The van der Waals surface area contributed by atoms with Gasteiger partial charge in [0.2, 0.25) is 5.95 Å². The van der Waals surface area contributed by atoms with E-state index >= 15 is 0 Å². The van der Waals surface area contributed by atoms with Crippen LogP contribution in [0.3, 0.4) is 0 Å². The van der Waals surface area contributed by atoms with Crippen molar-refractivity contribution in [3.8, 4) is 16.9 Å². The number of rotatable bonds is 10. The molecule has 5 aromatic rings. The van der Waals surface area contributed by atoms with Gasteiger partial charge in [-0.15, -0.1) is 0 Å². The number of alkyl halides is 1. The van der Waals surface area contributed by atoms with Crippen molar-refractivity contribution in [1.29, 1.82) is 0 Å². The first-order valence-electron chi connectivity index (χ1n) is 17.9. The molecule has 2 fully saturated rings. The Balaban J connectivity index is 1.17. The molecule has 12 nitrogen and oxygen atoms in total. The van der Waals surface area contributed by atoms with E-state index in [4.69, 9.17) is 9.72 Å². The standard InChI is InChI=1S/C38H47BrFN10O2P/c1-37(2,24-40)50-17-11-38(12-18-50)9-15-49(16-10-38)31-20-32(52-4)30(19-26(31)25-21-44-48(3)23-25)46-36-43-22-27(39)35(47-36)45-29-8-7-28-33(42-14-13-41-28)34(29)53(5,6)51/h7-8,13-14,19-23H,9-12,15-18,24H2,1-6H3,(H2,43,45,46,47). The van der Waals surface area contributed by atoms with Gasteiger partial charge >= 0.3 is 0 Å². The van der Waals surface area contributed by atoms with Crippen LogP contribution < -0.4 is 25.6 Å². The third-order valence-electron chi connectivity index (χ3n) is 10.9. The molecule has 0 bridgehead atoms. The van der Waals surface area contributed by atoms with Gasteiger partial charge in [-0.2, -0.15) is 10.1 Å². The maximum Gasteiger partial charge on any atom is 0.229 e. The average molecular weight is 806 g/mol. The van der Waals surface area contributed by atoms with Crippen molar-refractivity contribution >= 4 is 68.2 Å². The number of nitrogens with one attached hydrogen (secondary N) is 2. The predicted molar refractivity (Wildman–Crippen MR) is 215 cm³/mol. The number of halogens is 2. The highest BCUT2D eigenvalue weighted by molar-refractivity contribution is 9.10. The Hall–Kier alpha value is -4.13. The van der Waals surface area contributed by atoms with Crippen molar-refractivity contribution in [3.05, 3.63) is 59.7 Å². The van der Waals surface area contributed by atoms with Crippen molar-refractivity contribution in [2.24, 2.45) is 12.5 Å². The fourth-order valence-electron chi connectivity index (χ4n) is 7.71. The summed E-state index contributed by atoms with van der Waals surface area (Å²) in [6.07, 6.45) is 13.2. The van der Waals surface area contributed by atoms with E-state index in [1.54, 1.807) is 39.0 Å². The Morgan fingerprint density at radius 3 is 2.36 bits per heavy atom. The monoisotopic (exact) mass is 804 g/mol. The first kappa shape index (κ1) is 37.2. The molecule has 0 unspecified atom stereocenters. The molecule has 3 aromatic heterocycles. The molecule has 1 spiro atoms. The van der Waals surface area contributed by atoms with E-state index in [1.165, 1.54) is 0 Å².